The van der Waals surface area contributed by atoms with Crippen LogP contribution in [0.25, 0.3) is 27.8 Å². The highest BCUT2D eigenvalue weighted by atomic mass is 35.5. The van der Waals surface area contributed by atoms with Gasteiger partial charge in [-0.25, -0.2) is 18.9 Å². The lowest BCUT2D eigenvalue weighted by atomic mass is 10.1. The van der Waals surface area contributed by atoms with Crippen LogP contribution in [0.4, 0.5) is 10.3 Å². The standard InChI is InChI=1S/C25H20ClFN6O3/c26-16-8-15(9-17(27)11-16)14-3-4-19-20(10-14)30-25(29-19)31-24(34)21-12-33-22(28-21)5-6-23(32-33)36-13-18-2-1-7-35-18/h3-6,8-12,18H,1-2,7,13H2,(H2,29,30,31,34)/t18-/m0/s1. The van der Waals surface area contributed by atoms with Crippen LogP contribution in [0.1, 0.15) is 23.3 Å². The summed E-state index contributed by atoms with van der Waals surface area (Å²) in [7, 11) is 0. The van der Waals surface area contributed by atoms with Crippen molar-refractivity contribution < 1.29 is 18.7 Å². The Bertz CT molecular complexity index is 1570. The van der Waals surface area contributed by atoms with Crippen LogP contribution in [0.2, 0.25) is 5.02 Å². The number of ether oxygens (including phenoxy) is 2. The maximum atomic E-state index is 13.8. The van der Waals surface area contributed by atoms with E-state index < -0.39 is 11.7 Å². The van der Waals surface area contributed by atoms with Crippen LogP contribution >= 0.6 is 11.6 Å². The van der Waals surface area contributed by atoms with E-state index in [0.29, 0.717) is 39.8 Å². The van der Waals surface area contributed by atoms with Crippen LogP contribution in [-0.2, 0) is 4.74 Å². The lowest BCUT2D eigenvalue weighted by Crippen LogP contribution is -2.17. The number of nitrogens with one attached hydrogen (secondary N) is 2. The van der Waals surface area contributed by atoms with Crippen molar-refractivity contribution in [2.24, 2.45) is 0 Å². The molecule has 6 rings (SSSR count). The van der Waals surface area contributed by atoms with Gasteiger partial charge in [0.25, 0.3) is 5.91 Å². The monoisotopic (exact) mass is 506 g/mol. The van der Waals surface area contributed by atoms with Gasteiger partial charge in [-0.15, -0.1) is 5.10 Å². The van der Waals surface area contributed by atoms with Crippen molar-refractivity contribution in [1.82, 2.24) is 24.6 Å². The Morgan fingerprint density at radius 2 is 2.11 bits per heavy atom. The number of anilines is 1. The van der Waals surface area contributed by atoms with Crippen molar-refractivity contribution in [2.75, 3.05) is 18.5 Å². The lowest BCUT2D eigenvalue weighted by molar-refractivity contribution is 0.0659. The molecule has 4 heterocycles. The number of amides is 1. The summed E-state index contributed by atoms with van der Waals surface area (Å²) < 4.78 is 26.5. The molecule has 182 valence electrons. The molecular weight excluding hydrogens is 487 g/mol. The van der Waals surface area contributed by atoms with Gasteiger partial charge in [0.2, 0.25) is 11.8 Å². The highest BCUT2D eigenvalue weighted by Crippen LogP contribution is 2.27. The molecule has 1 aliphatic heterocycles. The average Bonchev–Trinajstić information content (AvgIpc) is 3.60. The van der Waals surface area contributed by atoms with Crippen LogP contribution in [0.3, 0.4) is 0 Å². The van der Waals surface area contributed by atoms with Gasteiger partial charge < -0.3 is 14.5 Å². The number of hydrogen-bond acceptors (Lipinski definition) is 6. The zero-order chi connectivity index (χ0) is 24.6. The van der Waals surface area contributed by atoms with E-state index in [9.17, 15) is 9.18 Å². The maximum Gasteiger partial charge on any atom is 0.278 e. The van der Waals surface area contributed by atoms with E-state index >= 15 is 0 Å². The molecule has 1 aliphatic rings. The maximum absolute atomic E-state index is 13.8. The molecule has 2 N–H and O–H groups in total. The van der Waals surface area contributed by atoms with Crippen molar-refractivity contribution >= 4 is 40.1 Å². The molecule has 0 radical (unpaired) electrons. The Balaban J connectivity index is 1.18. The molecule has 0 spiro atoms. The first-order valence-electron chi connectivity index (χ1n) is 11.4. The molecule has 0 unspecified atom stereocenters. The zero-order valence-corrected chi connectivity index (χ0v) is 19.6. The smallest absolute Gasteiger partial charge is 0.278 e. The number of H-pyrrole nitrogens is 1. The Labute approximate surface area is 209 Å². The first-order valence-corrected chi connectivity index (χ1v) is 11.8. The number of benzene rings is 2. The summed E-state index contributed by atoms with van der Waals surface area (Å²) in [4.78, 5) is 24.7. The Hall–Kier alpha value is -4.02. The molecule has 5 aromatic rings. The summed E-state index contributed by atoms with van der Waals surface area (Å²) in [5.41, 5.74) is 3.38. The molecule has 1 atom stereocenters. The van der Waals surface area contributed by atoms with E-state index in [0.717, 1.165) is 25.0 Å². The third-order valence-electron chi connectivity index (χ3n) is 5.88. The second-order valence-electron chi connectivity index (χ2n) is 8.48. The molecule has 1 fully saturated rings. The Morgan fingerprint density at radius 3 is 2.94 bits per heavy atom. The quantitative estimate of drug-likeness (QED) is 0.340. The number of fused-ring (bicyclic) bond motifs is 2. The number of hydrogen-bond donors (Lipinski definition) is 2. The van der Waals surface area contributed by atoms with E-state index in [-0.39, 0.29) is 17.7 Å². The van der Waals surface area contributed by atoms with Crippen LogP contribution in [-0.4, -0.2) is 49.8 Å². The molecule has 0 saturated carbocycles. The minimum atomic E-state index is -0.446. The summed E-state index contributed by atoms with van der Waals surface area (Å²) in [6, 6.07) is 13.2. The second-order valence-corrected chi connectivity index (χ2v) is 8.91. The van der Waals surface area contributed by atoms with Gasteiger partial charge >= 0.3 is 0 Å². The molecule has 0 bridgehead atoms. The number of carbonyl (C=O) groups excluding carboxylic acids is 1. The highest BCUT2D eigenvalue weighted by molar-refractivity contribution is 6.30. The fraction of sp³-hybridized carbons (Fsp3) is 0.200. The van der Waals surface area contributed by atoms with Gasteiger partial charge in [0.1, 0.15) is 18.1 Å². The number of halogens is 2. The molecule has 1 saturated heterocycles. The molecule has 3 aromatic heterocycles. The molecule has 36 heavy (non-hydrogen) atoms. The van der Waals surface area contributed by atoms with Crippen molar-refractivity contribution in [3.8, 4) is 17.0 Å². The number of aromatic amines is 1. The number of carbonyl (C=O) groups is 1. The van der Waals surface area contributed by atoms with Gasteiger partial charge in [0, 0.05) is 17.7 Å². The fourth-order valence-corrected chi connectivity index (χ4v) is 4.36. The van der Waals surface area contributed by atoms with E-state index in [2.05, 4.69) is 25.4 Å². The molecular formula is C25H20ClFN6O3. The van der Waals surface area contributed by atoms with Crippen molar-refractivity contribution in [3.05, 3.63) is 71.3 Å². The molecule has 11 heteroatoms. The number of aromatic nitrogens is 5. The average molecular weight is 507 g/mol. The van der Waals surface area contributed by atoms with E-state index in [1.54, 1.807) is 30.3 Å². The minimum Gasteiger partial charge on any atom is -0.474 e. The highest BCUT2D eigenvalue weighted by Gasteiger charge is 2.18. The van der Waals surface area contributed by atoms with Gasteiger partial charge in [-0.05, 0) is 60.4 Å². The van der Waals surface area contributed by atoms with E-state index in [1.807, 2.05) is 6.07 Å². The van der Waals surface area contributed by atoms with Crippen LogP contribution in [0.15, 0.2) is 54.7 Å². The van der Waals surface area contributed by atoms with Crippen LogP contribution in [0.5, 0.6) is 5.88 Å². The molecule has 0 aliphatic carbocycles. The van der Waals surface area contributed by atoms with Crippen molar-refractivity contribution in [2.45, 2.75) is 18.9 Å². The minimum absolute atomic E-state index is 0.0816. The van der Waals surface area contributed by atoms with Gasteiger partial charge in [0.15, 0.2) is 5.65 Å². The lowest BCUT2D eigenvalue weighted by Gasteiger charge is -2.10. The SMILES string of the molecule is O=C(Nc1nc2cc(-c3cc(F)cc(Cl)c3)ccc2[nH]1)c1cn2nc(OC[C@@H]3CCCO3)ccc2n1. The van der Waals surface area contributed by atoms with Gasteiger partial charge in [-0.1, -0.05) is 17.7 Å². The summed E-state index contributed by atoms with van der Waals surface area (Å²) >= 11 is 5.98. The predicted octanol–water partition coefficient (Wildman–Crippen LogP) is 4.88. The summed E-state index contributed by atoms with van der Waals surface area (Å²) in [6.45, 7) is 1.19. The fourth-order valence-electron chi connectivity index (χ4n) is 4.14. The van der Waals surface area contributed by atoms with E-state index in [1.165, 1.54) is 22.8 Å². The van der Waals surface area contributed by atoms with Crippen molar-refractivity contribution in [3.63, 3.8) is 0 Å². The largest absolute Gasteiger partial charge is 0.474 e. The summed E-state index contributed by atoms with van der Waals surface area (Å²) in [5, 5.41) is 7.40. The van der Waals surface area contributed by atoms with Gasteiger partial charge in [-0.2, -0.15) is 0 Å². The topological polar surface area (TPSA) is 106 Å². The van der Waals surface area contributed by atoms with Crippen LogP contribution < -0.4 is 10.1 Å². The Kier molecular flexibility index (Phi) is 5.74. The second kappa shape index (κ2) is 9.21. The van der Waals surface area contributed by atoms with Gasteiger partial charge in [-0.3, -0.25) is 10.1 Å². The zero-order valence-electron chi connectivity index (χ0n) is 18.9. The molecule has 1 amide bonds. The number of rotatable bonds is 6. The normalized spacial score (nSPS) is 15.6. The third-order valence-corrected chi connectivity index (χ3v) is 6.10. The van der Waals surface area contributed by atoms with Crippen LogP contribution in [0, 0.1) is 5.82 Å². The Morgan fingerprint density at radius 1 is 1.19 bits per heavy atom. The third kappa shape index (κ3) is 4.60. The van der Waals surface area contributed by atoms with Crippen molar-refractivity contribution in [1.29, 1.82) is 0 Å². The molecule has 2 aromatic carbocycles. The first kappa shape index (κ1) is 22.4. The summed E-state index contributed by atoms with van der Waals surface area (Å²) in [5.74, 6) is -0.181. The van der Waals surface area contributed by atoms with Gasteiger partial charge in [0.05, 0.1) is 23.3 Å². The predicted molar refractivity (Wildman–Crippen MR) is 132 cm³/mol. The summed E-state index contributed by atoms with van der Waals surface area (Å²) in [6.07, 6.45) is 3.62. The number of imidazole rings is 2. The number of nitrogens with zero attached hydrogens (tertiary/aromatic N) is 4. The first-order chi connectivity index (χ1) is 17.5. The van der Waals surface area contributed by atoms with E-state index in [4.69, 9.17) is 21.1 Å². The molecule has 9 nitrogen and oxygen atoms in total.